The van der Waals surface area contributed by atoms with E-state index in [1.807, 2.05) is 34.0 Å². The number of nitrogens with two attached hydrogens (primary N) is 1. The van der Waals surface area contributed by atoms with E-state index in [9.17, 15) is 4.79 Å². The Kier molecular flexibility index (Phi) is 7.11. The summed E-state index contributed by atoms with van der Waals surface area (Å²) in [5.74, 6) is 6.08. The Labute approximate surface area is 127 Å². The molecule has 0 radical (unpaired) electrons. The third kappa shape index (κ3) is 6.10. The van der Waals surface area contributed by atoms with Gasteiger partial charge in [0.05, 0.1) is 0 Å². The van der Waals surface area contributed by atoms with Crippen molar-refractivity contribution in [3.63, 3.8) is 0 Å². The zero-order valence-corrected chi connectivity index (χ0v) is 13.4. The number of unbranched alkanes of at least 4 members (excludes halogenated alkanes) is 1. The minimum absolute atomic E-state index is 0.0827. The molecule has 6 heteroatoms. The summed E-state index contributed by atoms with van der Waals surface area (Å²) in [4.78, 5) is 18.6. The second-order valence-electron chi connectivity index (χ2n) is 5.73. The molecule has 4 N–H and O–H groups in total. The van der Waals surface area contributed by atoms with Gasteiger partial charge in [0.2, 0.25) is 0 Å². The minimum Gasteiger partial charge on any atom is -0.352 e. The number of carbonyl (C=O) groups is 1. The molecule has 1 aromatic heterocycles. The van der Waals surface area contributed by atoms with Gasteiger partial charge in [0.1, 0.15) is 5.82 Å². The van der Waals surface area contributed by atoms with Crippen molar-refractivity contribution < 1.29 is 4.79 Å². The van der Waals surface area contributed by atoms with E-state index in [1.165, 1.54) is 0 Å². The highest BCUT2D eigenvalue weighted by Crippen LogP contribution is 2.17. The van der Waals surface area contributed by atoms with Crippen molar-refractivity contribution in [1.82, 2.24) is 15.2 Å². The number of anilines is 1. The molecule has 0 bridgehead atoms. The van der Waals surface area contributed by atoms with E-state index < -0.39 is 0 Å². The molecule has 6 nitrogen and oxygen atoms in total. The van der Waals surface area contributed by atoms with Crippen LogP contribution < -0.4 is 16.6 Å². The van der Waals surface area contributed by atoms with Crippen LogP contribution in [0.25, 0.3) is 0 Å². The van der Waals surface area contributed by atoms with Gasteiger partial charge in [-0.05, 0) is 51.5 Å². The normalized spacial score (nSPS) is 11.0. The van der Waals surface area contributed by atoms with Gasteiger partial charge in [0, 0.05) is 17.8 Å². The molecule has 1 amide bonds. The average molecular weight is 293 g/mol. The maximum Gasteiger partial charge on any atom is 0.251 e. The molecule has 0 saturated heterocycles. The number of pyridine rings is 1. The summed E-state index contributed by atoms with van der Waals surface area (Å²) in [7, 11) is 4.09. The molecular weight excluding hydrogens is 266 g/mol. The SMILES string of the molecule is CC(C)c1cc(C(=O)NCCCCN(C)C)cc(NN)n1. The van der Waals surface area contributed by atoms with Crippen LogP contribution in [0.1, 0.15) is 48.7 Å². The summed E-state index contributed by atoms with van der Waals surface area (Å²) in [5.41, 5.74) is 3.95. The smallest absolute Gasteiger partial charge is 0.251 e. The number of aromatic nitrogens is 1. The van der Waals surface area contributed by atoms with Crippen LogP contribution in [-0.2, 0) is 0 Å². The van der Waals surface area contributed by atoms with Crippen LogP contribution in [0.5, 0.6) is 0 Å². The first-order valence-electron chi connectivity index (χ1n) is 7.35. The molecule has 1 aromatic rings. The topological polar surface area (TPSA) is 83.3 Å². The monoisotopic (exact) mass is 293 g/mol. The van der Waals surface area contributed by atoms with Gasteiger partial charge in [-0.15, -0.1) is 0 Å². The fourth-order valence-electron chi connectivity index (χ4n) is 1.91. The van der Waals surface area contributed by atoms with Crippen LogP contribution in [0, 0.1) is 0 Å². The fraction of sp³-hybridized carbons (Fsp3) is 0.600. The predicted molar refractivity (Wildman–Crippen MR) is 86.3 cm³/mol. The highest BCUT2D eigenvalue weighted by Gasteiger charge is 2.11. The number of nitrogens with one attached hydrogen (secondary N) is 2. The number of nitrogen functional groups attached to an aromatic ring is 1. The highest BCUT2D eigenvalue weighted by molar-refractivity contribution is 5.95. The molecule has 118 valence electrons. The van der Waals surface area contributed by atoms with Crippen LogP contribution in [0.3, 0.4) is 0 Å². The van der Waals surface area contributed by atoms with Crippen LogP contribution in [0.2, 0.25) is 0 Å². The minimum atomic E-state index is -0.0827. The van der Waals surface area contributed by atoms with Crippen LogP contribution in [-0.4, -0.2) is 43.0 Å². The van der Waals surface area contributed by atoms with Crippen LogP contribution in [0.4, 0.5) is 5.82 Å². The number of hydrogen-bond donors (Lipinski definition) is 3. The molecule has 1 heterocycles. The summed E-state index contributed by atoms with van der Waals surface area (Å²) in [6.07, 6.45) is 2.03. The molecule has 0 atom stereocenters. The van der Waals surface area contributed by atoms with E-state index in [2.05, 4.69) is 20.6 Å². The summed E-state index contributed by atoms with van der Waals surface area (Å²) < 4.78 is 0. The number of carbonyl (C=O) groups excluding carboxylic acids is 1. The number of rotatable bonds is 8. The summed E-state index contributed by atoms with van der Waals surface area (Å²) in [6, 6.07) is 3.49. The van der Waals surface area contributed by atoms with Gasteiger partial charge in [-0.2, -0.15) is 0 Å². The van der Waals surface area contributed by atoms with Crippen molar-refractivity contribution in [1.29, 1.82) is 0 Å². The van der Waals surface area contributed by atoms with Gasteiger partial charge in [-0.25, -0.2) is 10.8 Å². The van der Waals surface area contributed by atoms with E-state index in [0.29, 0.717) is 17.9 Å². The van der Waals surface area contributed by atoms with Crippen LogP contribution >= 0.6 is 0 Å². The molecule has 1 rings (SSSR count). The first kappa shape index (κ1) is 17.4. The van der Waals surface area contributed by atoms with E-state index in [-0.39, 0.29) is 11.8 Å². The Bertz CT molecular complexity index is 459. The van der Waals surface area contributed by atoms with Gasteiger partial charge in [-0.1, -0.05) is 13.8 Å². The lowest BCUT2D eigenvalue weighted by Crippen LogP contribution is -2.26. The number of hydrogen-bond acceptors (Lipinski definition) is 5. The second-order valence-corrected chi connectivity index (χ2v) is 5.73. The molecule has 0 unspecified atom stereocenters. The van der Waals surface area contributed by atoms with Gasteiger partial charge >= 0.3 is 0 Å². The average Bonchev–Trinajstić information content (AvgIpc) is 2.45. The molecular formula is C15H27N5O. The third-order valence-corrected chi connectivity index (χ3v) is 3.16. The fourth-order valence-corrected chi connectivity index (χ4v) is 1.91. The number of nitrogens with zero attached hydrogens (tertiary/aromatic N) is 2. The predicted octanol–water partition coefficient (Wildman–Crippen LogP) is 1.56. The van der Waals surface area contributed by atoms with Crippen molar-refractivity contribution in [3.05, 3.63) is 23.4 Å². The molecule has 0 fully saturated rings. The van der Waals surface area contributed by atoms with Crippen LogP contribution in [0.15, 0.2) is 12.1 Å². The van der Waals surface area contributed by atoms with Gasteiger partial charge in [0.15, 0.2) is 0 Å². The van der Waals surface area contributed by atoms with E-state index in [0.717, 1.165) is 25.1 Å². The van der Waals surface area contributed by atoms with Crippen molar-refractivity contribution >= 4 is 11.7 Å². The molecule has 21 heavy (non-hydrogen) atoms. The largest absolute Gasteiger partial charge is 0.352 e. The maximum absolute atomic E-state index is 12.2. The van der Waals surface area contributed by atoms with Crippen molar-refractivity contribution in [2.24, 2.45) is 5.84 Å². The first-order chi connectivity index (χ1) is 9.93. The lowest BCUT2D eigenvalue weighted by atomic mass is 10.1. The number of hydrazine groups is 1. The van der Waals surface area contributed by atoms with E-state index >= 15 is 0 Å². The molecule has 0 saturated carbocycles. The Morgan fingerprint density at radius 3 is 2.62 bits per heavy atom. The molecule has 0 spiro atoms. The zero-order valence-electron chi connectivity index (χ0n) is 13.4. The van der Waals surface area contributed by atoms with Gasteiger partial charge in [0.25, 0.3) is 5.91 Å². The lowest BCUT2D eigenvalue weighted by molar-refractivity contribution is 0.0952. The van der Waals surface area contributed by atoms with E-state index in [4.69, 9.17) is 5.84 Å². The molecule has 0 aromatic carbocycles. The molecule has 0 aliphatic heterocycles. The Morgan fingerprint density at radius 1 is 1.33 bits per heavy atom. The first-order valence-corrected chi connectivity index (χ1v) is 7.35. The number of amides is 1. The van der Waals surface area contributed by atoms with Crippen molar-refractivity contribution in [2.75, 3.05) is 32.6 Å². The Hall–Kier alpha value is -1.66. The molecule has 0 aliphatic rings. The Balaban J connectivity index is 2.59. The zero-order chi connectivity index (χ0) is 15.8. The lowest BCUT2D eigenvalue weighted by Gasteiger charge is -2.12. The maximum atomic E-state index is 12.2. The Morgan fingerprint density at radius 2 is 2.05 bits per heavy atom. The highest BCUT2D eigenvalue weighted by atomic mass is 16.1. The summed E-state index contributed by atoms with van der Waals surface area (Å²) in [5, 5.41) is 2.94. The summed E-state index contributed by atoms with van der Waals surface area (Å²) in [6.45, 7) is 5.78. The quantitative estimate of drug-likeness (QED) is 0.385. The van der Waals surface area contributed by atoms with Crippen molar-refractivity contribution in [3.8, 4) is 0 Å². The van der Waals surface area contributed by atoms with Gasteiger partial charge < -0.3 is 15.6 Å². The summed E-state index contributed by atoms with van der Waals surface area (Å²) >= 11 is 0. The molecule has 0 aliphatic carbocycles. The van der Waals surface area contributed by atoms with E-state index in [1.54, 1.807) is 6.07 Å². The standard InChI is InChI=1S/C15H27N5O/c1-11(2)13-9-12(10-14(18-13)19-16)15(21)17-7-5-6-8-20(3)4/h9-11H,5-8,16H2,1-4H3,(H,17,21)(H,18,19). The van der Waals surface area contributed by atoms with Gasteiger partial charge in [-0.3, -0.25) is 4.79 Å². The van der Waals surface area contributed by atoms with Crippen molar-refractivity contribution in [2.45, 2.75) is 32.6 Å². The third-order valence-electron chi connectivity index (χ3n) is 3.16. The second kappa shape index (κ2) is 8.59.